The fourth-order valence-electron chi connectivity index (χ4n) is 1.58. The summed E-state index contributed by atoms with van der Waals surface area (Å²) in [6.07, 6.45) is 0. The van der Waals surface area contributed by atoms with Crippen LogP contribution in [-0.4, -0.2) is 35.5 Å². The lowest BCUT2D eigenvalue weighted by molar-refractivity contribution is -0.119. The van der Waals surface area contributed by atoms with Gasteiger partial charge in [-0.15, -0.1) is 0 Å². The third kappa shape index (κ3) is 5.03. The first-order chi connectivity index (χ1) is 9.36. The van der Waals surface area contributed by atoms with Crippen LogP contribution in [0.1, 0.15) is 40.4 Å². The Kier molecular flexibility index (Phi) is 5.73. The minimum atomic E-state index is -0.145. The molecule has 0 aliphatic carbocycles. The highest BCUT2D eigenvalue weighted by Gasteiger charge is 2.19. The SMILES string of the molecule is CCNC(=O)CNc1cc(NCC)nc(C(C)(C)C)n1. The summed E-state index contributed by atoms with van der Waals surface area (Å²) in [5, 5.41) is 8.96. The molecule has 6 heteroatoms. The van der Waals surface area contributed by atoms with Crippen molar-refractivity contribution in [2.45, 2.75) is 40.0 Å². The van der Waals surface area contributed by atoms with Gasteiger partial charge in [0.2, 0.25) is 5.91 Å². The van der Waals surface area contributed by atoms with Gasteiger partial charge in [0.05, 0.1) is 6.54 Å². The van der Waals surface area contributed by atoms with E-state index in [9.17, 15) is 4.79 Å². The van der Waals surface area contributed by atoms with Crippen molar-refractivity contribution in [1.82, 2.24) is 15.3 Å². The van der Waals surface area contributed by atoms with Crippen molar-refractivity contribution >= 4 is 17.5 Å². The summed E-state index contributed by atoms with van der Waals surface area (Å²) < 4.78 is 0. The molecule has 1 amide bonds. The lowest BCUT2D eigenvalue weighted by Gasteiger charge is -2.19. The van der Waals surface area contributed by atoms with Gasteiger partial charge in [-0.25, -0.2) is 9.97 Å². The predicted molar refractivity (Wildman–Crippen MR) is 82.1 cm³/mol. The molecule has 0 bridgehead atoms. The summed E-state index contributed by atoms with van der Waals surface area (Å²) in [6, 6.07) is 1.82. The van der Waals surface area contributed by atoms with Gasteiger partial charge in [-0.05, 0) is 13.8 Å². The van der Waals surface area contributed by atoms with E-state index in [4.69, 9.17) is 0 Å². The lowest BCUT2D eigenvalue weighted by Crippen LogP contribution is -2.30. The first kappa shape index (κ1) is 16.2. The Balaban J connectivity index is 2.89. The molecular formula is C14H25N5O. The molecule has 0 aliphatic heterocycles. The van der Waals surface area contributed by atoms with E-state index in [1.807, 2.05) is 19.9 Å². The van der Waals surface area contributed by atoms with Crippen LogP contribution in [0.25, 0.3) is 0 Å². The van der Waals surface area contributed by atoms with Gasteiger partial charge < -0.3 is 16.0 Å². The second-order valence-electron chi connectivity index (χ2n) is 5.55. The van der Waals surface area contributed by atoms with Gasteiger partial charge in [0.25, 0.3) is 0 Å². The minimum absolute atomic E-state index is 0.0478. The first-order valence-electron chi connectivity index (χ1n) is 7.00. The summed E-state index contributed by atoms with van der Waals surface area (Å²) >= 11 is 0. The number of carbonyl (C=O) groups is 1. The summed E-state index contributed by atoms with van der Waals surface area (Å²) in [5.74, 6) is 2.13. The molecule has 0 saturated heterocycles. The van der Waals surface area contributed by atoms with E-state index in [2.05, 4.69) is 46.7 Å². The molecule has 1 aromatic rings. The molecular weight excluding hydrogens is 254 g/mol. The first-order valence-corrected chi connectivity index (χ1v) is 7.00. The Hall–Kier alpha value is -1.85. The molecule has 0 unspecified atom stereocenters. The molecule has 0 aliphatic rings. The van der Waals surface area contributed by atoms with E-state index in [1.165, 1.54) is 0 Å². The number of nitrogens with zero attached hydrogens (tertiary/aromatic N) is 2. The largest absolute Gasteiger partial charge is 0.370 e. The van der Waals surface area contributed by atoms with Crippen LogP contribution in [0.3, 0.4) is 0 Å². The van der Waals surface area contributed by atoms with Crippen LogP contribution in [0, 0.1) is 0 Å². The van der Waals surface area contributed by atoms with Gasteiger partial charge >= 0.3 is 0 Å². The van der Waals surface area contributed by atoms with E-state index in [0.29, 0.717) is 12.4 Å². The molecule has 6 nitrogen and oxygen atoms in total. The van der Waals surface area contributed by atoms with Crippen LogP contribution >= 0.6 is 0 Å². The second kappa shape index (κ2) is 7.07. The molecule has 3 N–H and O–H groups in total. The molecule has 1 aromatic heterocycles. The third-order valence-electron chi connectivity index (χ3n) is 2.56. The Labute approximate surface area is 120 Å². The molecule has 0 fully saturated rings. The number of anilines is 2. The number of carbonyl (C=O) groups excluding carboxylic acids is 1. The third-order valence-corrected chi connectivity index (χ3v) is 2.56. The summed E-state index contributed by atoms with van der Waals surface area (Å²) in [4.78, 5) is 20.4. The fourth-order valence-corrected chi connectivity index (χ4v) is 1.58. The van der Waals surface area contributed by atoms with Crippen LogP contribution in [0.4, 0.5) is 11.6 Å². The topological polar surface area (TPSA) is 78.9 Å². The average Bonchev–Trinajstić information content (AvgIpc) is 2.36. The van der Waals surface area contributed by atoms with Crippen molar-refractivity contribution in [1.29, 1.82) is 0 Å². The van der Waals surface area contributed by atoms with Crippen LogP contribution in [-0.2, 0) is 10.2 Å². The molecule has 1 rings (SSSR count). The van der Waals surface area contributed by atoms with Gasteiger partial charge in [0.1, 0.15) is 17.5 Å². The Morgan fingerprint density at radius 2 is 1.70 bits per heavy atom. The maximum atomic E-state index is 11.5. The highest BCUT2D eigenvalue weighted by atomic mass is 16.1. The van der Waals surface area contributed by atoms with Crippen molar-refractivity contribution in [3.63, 3.8) is 0 Å². The molecule has 20 heavy (non-hydrogen) atoms. The molecule has 1 heterocycles. The fraction of sp³-hybridized carbons (Fsp3) is 0.643. The summed E-state index contributed by atoms with van der Waals surface area (Å²) in [7, 11) is 0. The molecule has 112 valence electrons. The Bertz CT molecular complexity index is 453. The van der Waals surface area contributed by atoms with Crippen molar-refractivity contribution in [3.05, 3.63) is 11.9 Å². The van der Waals surface area contributed by atoms with E-state index in [-0.39, 0.29) is 17.9 Å². The zero-order valence-electron chi connectivity index (χ0n) is 13.0. The van der Waals surface area contributed by atoms with Crippen LogP contribution < -0.4 is 16.0 Å². The monoisotopic (exact) mass is 279 g/mol. The zero-order chi connectivity index (χ0) is 15.2. The summed E-state index contributed by atoms with van der Waals surface area (Å²) in [6.45, 7) is 11.7. The molecule has 0 spiro atoms. The second-order valence-corrected chi connectivity index (χ2v) is 5.55. The smallest absolute Gasteiger partial charge is 0.239 e. The van der Waals surface area contributed by atoms with Crippen molar-refractivity contribution in [2.75, 3.05) is 30.3 Å². The average molecular weight is 279 g/mol. The van der Waals surface area contributed by atoms with E-state index >= 15 is 0 Å². The Morgan fingerprint density at radius 1 is 1.10 bits per heavy atom. The van der Waals surface area contributed by atoms with Crippen molar-refractivity contribution in [2.24, 2.45) is 0 Å². The van der Waals surface area contributed by atoms with Gasteiger partial charge in [-0.1, -0.05) is 20.8 Å². The van der Waals surface area contributed by atoms with E-state index in [0.717, 1.165) is 18.2 Å². The van der Waals surface area contributed by atoms with Gasteiger partial charge in [-0.3, -0.25) is 4.79 Å². The quantitative estimate of drug-likeness (QED) is 0.739. The molecule has 0 aromatic carbocycles. The van der Waals surface area contributed by atoms with Crippen LogP contribution in [0.2, 0.25) is 0 Å². The molecule has 0 radical (unpaired) electrons. The van der Waals surface area contributed by atoms with Crippen LogP contribution in [0.15, 0.2) is 6.07 Å². The number of rotatable bonds is 6. The molecule has 0 saturated carbocycles. The van der Waals surface area contributed by atoms with Crippen molar-refractivity contribution in [3.8, 4) is 0 Å². The predicted octanol–water partition coefficient (Wildman–Crippen LogP) is 1.75. The van der Waals surface area contributed by atoms with Crippen molar-refractivity contribution < 1.29 is 4.79 Å². The normalized spacial score (nSPS) is 11.1. The number of amides is 1. The highest BCUT2D eigenvalue weighted by Crippen LogP contribution is 2.22. The van der Waals surface area contributed by atoms with Gasteiger partial charge in [-0.2, -0.15) is 0 Å². The standard InChI is InChI=1S/C14H25N5O/c1-6-15-10-8-11(17-9-12(20)16-7-2)19-13(18-10)14(3,4)5/h8H,6-7,9H2,1-5H3,(H,16,20)(H2,15,17,18,19). The number of hydrogen-bond acceptors (Lipinski definition) is 5. The van der Waals surface area contributed by atoms with Crippen LogP contribution in [0.5, 0.6) is 0 Å². The van der Waals surface area contributed by atoms with Gasteiger partial charge in [0, 0.05) is 24.6 Å². The maximum absolute atomic E-state index is 11.5. The molecule has 0 atom stereocenters. The van der Waals surface area contributed by atoms with E-state index in [1.54, 1.807) is 0 Å². The zero-order valence-corrected chi connectivity index (χ0v) is 13.0. The number of aromatic nitrogens is 2. The lowest BCUT2D eigenvalue weighted by atomic mass is 9.96. The van der Waals surface area contributed by atoms with Gasteiger partial charge in [0.15, 0.2) is 0 Å². The number of nitrogens with one attached hydrogen (secondary N) is 3. The highest BCUT2D eigenvalue weighted by molar-refractivity contribution is 5.80. The van der Waals surface area contributed by atoms with E-state index < -0.39 is 0 Å². The number of hydrogen-bond donors (Lipinski definition) is 3. The minimum Gasteiger partial charge on any atom is -0.370 e. The maximum Gasteiger partial charge on any atom is 0.239 e. The Morgan fingerprint density at radius 3 is 2.20 bits per heavy atom. The summed E-state index contributed by atoms with van der Waals surface area (Å²) in [5.41, 5.74) is -0.145. The number of likely N-dealkylation sites (N-methyl/N-ethyl adjacent to an activating group) is 1.